The fourth-order valence-electron chi connectivity index (χ4n) is 0.829. The van der Waals surface area contributed by atoms with E-state index in [1.807, 2.05) is 0 Å². The molecular weight excluding hydrogens is 225 g/mol. The summed E-state index contributed by atoms with van der Waals surface area (Å²) in [7, 11) is -2.21. The highest BCUT2D eigenvalue weighted by atomic mass is 32.2. The summed E-state index contributed by atoms with van der Waals surface area (Å²) < 4.78 is 43.6. The van der Waals surface area contributed by atoms with Crippen molar-refractivity contribution in [3.05, 3.63) is 23.8 Å². The highest BCUT2D eigenvalue weighted by molar-refractivity contribution is 7.85. The Kier molecular flexibility index (Phi) is 3.59. The van der Waals surface area contributed by atoms with Crippen LogP contribution in [0.2, 0.25) is 0 Å². The van der Waals surface area contributed by atoms with Gasteiger partial charge in [-0.3, -0.25) is 9.17 Å². The van der Waals surface area contributed by atoms with Gasteiger partial charge in [0.1, 0.15) is 18.1 Å². The van der Waals surface area contributed by atoms with Gasteiger partial charge in [-0.15, -0.1) is 0 Å². The predicted octanol–water partition coefficient (Wildman–Crippen LogP) is 0.706. The SMILES string of the molecule is COc1cnc(COS(C)(=O)=O)c(F)c1. The molecule has 0 aromatic carbocycles. The number of hydrogen-bond donors (Lipinski definition) is 0. The van der Waals surface area contributed by atoms with Crippen molar-refractivity contribution in [2.24, 2.45) is 0 Å². The first-order chi connectivity index (χ1) is 6.92. The van der Waals surface area contributed by atoms with Crippen LogP contribution in [0.25, 0.3) is 0 Å². The van der Waals surface area contributed by atoms with Crippen LogP contribution in [0.1, 0.15) is 5.69 Å². The van der Waals surface area contributed by atoms with E-state index in [-0.39, 0.29) is 11.4 Å². The second kappa shape index (κ2) is 4.54. The molecule has 1 rings (SSSR count). The second-order valence-corrected chi connectivity index (χ2v) is 4.41. The Hall–Kier alpha value is -1.21. The summed E-state index contributed by atoms with van der Waals surface area (Å²) in [5.74, 6) is -0.409. The van der Waals surface area contributed by atoms with Crippen molar-refractivity contribution in [3.8, 4) is 5.75 Å². The smallest absolute Gasteiger partial charge is 0.264 e. The molecule has 0 aliphatic heterocycles. The zero-order chi connectivity index (χ0) is 11.5. The van der Waals surface area contributed by atoms with Crippen LogP contribution in [0.4, 0.5) is 4.39 Å². The van der Waals surface area contributed by atoms with Crippen LogP contribution in [0.5, 0.6) is 5.75 Å². The number of halogens is 1. The van der Waals surface area contributed by atoms with Crippen LogP contribution in [0, 0.1) is 5.82 Å². The minimum Gasteiger partial charge on any atom is -0.495 e. The summed E-state index contributed by atoms with van der Waals surface area (Å²) in [6.45, 7) is -0.422. The average Bonchev–Trinajstić information content (AvgIpc) is 2.14. The number of nitrogens with zero attached hydrogens (tertiary/aromatic N) is 1. The molecule has 7 heteroatoms. The fraction of sp³-hybridized carbons (Fsp3) is 0.375. The predicted molar refractivity (Wildman–Crippen MR) is 50.4 cm³/mol. The Morgan fingerprint density at radius 1 is 1.53 bits per heavy atom. The highest BCUT2D eigenvalue weighted by Crippen LogP contribution is 2.14. The van der Waals surface area contributed by atoms with Crippen LogP contribution in [0.3, 0.4) is 0 Å². The third kappa shape index (κ3) is 3.80. The quantitative estimate of drug-likeness (QED) is 0.719. The van der Waals surface area contributed by atoms with Crippen molar-refractivity contribution in [3.63, 3.8) is 0 Å². The first-order valence-corrected chi connectivity index (χ1v) is 5.77. The Morgan fingerprint density at radius 2 is 2.20 bits per heavy atom. The molecule has 0 aliphatic rings. The maximum Gasteiger partial charge on any atom is 0.264 e. The lowest BCUT2D eigenvalue weighted by Gasteiger charge is -2.04. The van der Waals surface area contributed by atoms with Gasteiger partial charge in [-0.1, -0.05) is 0 Å². The van der Waals surface area contributed by atoms with Gasteiger partial charge in [0.25, 0.3) is 10.1 Å². The first kappa shape index (κ1) is 11.9. The molecule has 0 radical (unpaired) electrons. The number of rotatable bonds is 4. The van der Waals surface area contributed by atoms with Gasteiger partial charge < -0.3 is 4.74 Å². The number of aromatic nitrogens is 1. The number of ether oxygens (including phenoxy) is 1. The fourth-order valence-corrected chi connectivity index (χ4v) is 1.16. The van der Waals surface area contributed by atoms with Crippen LogP contribution >= 0.6 is 0 Å². The number of hydrogen-bond acceptors (Lipinski definition) is 5. The lowest BCUT2D eigenvalue weighted by Crippen LogP contribution is -2.05. The van der Waals surface area contributed by atoms with Gasteiger partial charge in [0.15, 0.2) is 5.82 Å². The van der Waals surface area contributed by atoms with Gasteiger partial charge in [-0.25, -0.2) is 4.39 Å². The van der Waals surface area contributed by atoms with Crippen molar-refractivity contribution in [1.82, 2.24) is 4.98 Å². The molecule has 15 heavy (non-hydrogen) atoms. The standard InChI is InChI=1S/C8H10FNO4S/c1-13-6-3-7(9)8(10-4-6)5-14-15(2,11)12/h3-4H,5H2,1-2H3. The van der Waals surface area contributed by atoms with E-state index >= 15 is 0 Å². The van der Waals surface area contributed by atoms with Gasteiger partial charge >= 0.3 is 0 Å². The second-order valence-electron chi connectivity index (χ2n) is 2.77. The van der Waals surface area contributed by atoms with Crippen LogP contribution in [-0.4, -0.2) is 26.8 Å². The molecule has 0 saturated heterocycles. The monoisotopic (exact) mass is 235 g/mol. The van der Waals surface area contributed by atoms with Gasteiger partial charge in [-0.2, -0.15) is 8.42 Å². The van der Waals surface area contributed by atoms with E-state index in [0.717, 1.165) is 12.3 Å². The maximum absolute atomic E-state index is 13.2. The maximum atomic E-state index is 13.2. The lowest BCUT2D eigenvalue weighted by molar-refractivity contribution is 0.299. The summed E-state index contributed by atoms with van der Waals surface area (Å²) in [5, 5.41) is 0. The summed E-state index contributed by atoms with van der Waals surface area (Å²) in [6, 6.07) is 1.11. The zero-order valence-electron chi connectivity index (χ0n) is 8.23. The van der Waals surface area contributed by atoms with Gasteiger partial charge in [0, 0.05) is 6.07 Å². The molecule has 0 aliphatic carbocycles. The molecule has 0 amide bonds. The Morgan fingerprint density at radius 3 is 2.67 bits per heavy atom. The Bertz CT molecular complexity index is 446. The van der Waals surface area contributed by atoms with Crippen LogP contribution in [0.15, 0.2) is 12.3 Å². The molecule has 0 saturated carbocycles. The molecule has 1 aromatic rings. The van der Waals surface area contributed by atoms with Gasteiger partial charge in [0.2, 0.25) is 0 Å². The van der Waals surface area contributed by atoms with Crippen molar-refractivity contribution < 1.29 is 21.7 Å². The van der Waals surface area contributed by atoms with E-state index in [1.54, 1.807) is 0 Å². The van der Waals surface area contributed by atoms with Gasteiger partial charge in [0.05, 0.1) is 19.6 Å². The largest absolute Gasteiger partial charge is 0.495 e. The topological polar surface area (TPSA) is 65.5 Å². The van der Waals surface area contributed by atoms with Crippen LogP contribution < -0.4 is 4.74 Å². The van der Waals surface area contributed by atoms with E-state index in [1.165, 1.54) is 13.3 Å². The zero-order valence-corrected chi connectivity index (χ0v) is 9.04. The summed E-state index contributed by atoms with van der Waals surface area (Å²) in [6.07, 6.45) is 2.17. The van der Waals surface area contributed by atoms with E-state index in [0.29, 0.717) is 0 Å². The molecule has 1 heterocycles. The molecule has 5 nitrogen and oxygen atoms in total. The number of pyridine rings is 1. The van der Waals surface area contributed by atoms with Crippen molar-refractivity contribution >= 4 is 10.1 Å². The minimum atomic E-state index is -3.59. The molecule has 84 valence electrons. The highest BCUT2D eigenvalue weighted by Gasteiger charge is 2.09. The number of methoxy groups -OCH3 is 1. The van der Waals surface area contributed by atoms with Crippen LogP contribution in [-0.2, 0) is 20.9 Å². The molecular formula is C8H10FNO4S. The summed E-state index contributed by atoms with van der Waals surface area (Å²) in [5.41, 5.74) is -0.0822. The van der Waals surface area contributed by atoms with Crippen molar-refractivity contribution in [2.45, 2.75) is 6.61 Å². The molecule has 0 N–H and O–H groups in total. The van der Waals surface area contributed by atoms with E-state index in [4.69, 9.17) is 4.74 Å². The van der Waals surface area contributed by atoms with Gasteiger partial charge in [-0.05, 0) is 0 Å². The molecule has 0 spiro atoms. The lowest BCUT2D eigenvalue weighted by atomic mass is 10.3. The molecule has 0 unspecified atom stereocenters. The molecule has 1 aromatic heterocycles. The van der Waals surface area contributed by atoms with E-state index in [9.17, 15) is 12.8 Å². The minimum absolute atomic E-state index is 0.0822. The molecule has 0 fully saturated rings. The molecule has 0 atom stereocenters. The Balaban J connectivity index is 2.79. The van der Waals surface area contributed by atoms with Crippen molar-refractivity contribution in [2.75, 3.05) is 13.4 Å². The third-order valence-corrected chi connectivity index (χ3v) is 2.08. The van der Waals surface area contributed by atoms with Crippen molar-refractivity contribution in [1.29, 1.82) is 0 Å². The van der Waals surface area contributed by atoms with E-state index in [2.05, 4.69) is 9.17 Å². The average molecular weight is 235 g/mol. The third-order valence-electron chi connectivity index (χ3n) is 1.54. The normalized spacial score (nSPS) is 11.4. The molecule has 0 bridgehead atoms. The Labute approximate surface area is 87.0 Å². The van der Waals surface area contributed by atoms with E-state index < -0.39 is 22.5 Å². The summed E-state index contributed by atoms with van der Waals surface area (Å²) in [4.78, 5) is 3.66. The summed E-state index contributed by atoms with van der Waals surface area (Å²) >= 11 is 0. The first-order valence-electron chi connectivity index (χ1n) is 3.95.